The number of aromatic nitrogens is 4. The van der Waals surface area contributed by atoms with E-state index in [1.54, 1.807) is 29.2 Å². The molecule has 0 saturated heterocycles. The molecule has 1 N–H and O–H groups in total. The maximum absolute atomic E-state index is 14.1. The summed E-state index contributed by atoms with van der Waals surface area (Å²) in [4.78, 5) is 19.6. The molecule has 1 atom stereocenters. The summed E-state index contributed by atoms with van der Waals surface area (Å²) >= 11 is 0. The molecule has 184 valence electrons. The van der Waals surface area contributed by atoms with Crippen molar-refractivity contribution in [3.05, 3.63) is 52.0 Å². The first-order valence-corrected chi connectivity index (χ1v) is 11.6. The van der Waals surface area contributed by atoms with E-state index >= 15 is 0 Å². The van der Waals surface area contributed by atoms with E-state index in [-0.39, 0.29) is 37.3 Å². The summed E-state index contributed by atoms with van der Waals surface area (Å²) in [5.41, 5.74) is -0.215. The fourth-order valence-electron chi connectivity index (χ4n) is 6.14. The Morgan fingerprint density at radius 1 is 1.14 bits per heavy atom. The second kappa shape index (κ2) is 6.92. The monoisotopic (exact) mass is 488 g/mol. The van der Waals surface area contributed by atoms with Gasteiger partial charge in [-0.15, -0.1) is 10.2 Å². The maximum Gasteiger partial charge on any atom is 0.416 e. The Morgan fingerprint density at radius 2 is 1.86 bits per heavy atom. The maximum atomic E-state index is 14.1. The topological polar surface area (TPSA) is 75.4 Å². The molecule has 1 aliphatic heterocycles. The second-order valence-electron chi connectivity index (χ2n) is 10.3. The van der Waals surface area contributed by atoms with Crippen LogP contribution in [-0.2, 0) is 24.1 Å². The van der Waals surface area contributed by atoms with Gasteiger partial charge in [-0.3, -0.25) is 9.20 Å². The number of hydrogen-bond acceptors (Lipinski definition) is 5. The Labute approximate surface area is 198 Å². The van der Waals surface area contributed by atoms with Crippen molar-refractivity contribution >= 4 is 17.5 Å². The van der Waals surface area contributed by atoms with Gasteiger partial charge < -0.3 is 10.2 Å². The molecule has 3 fully saturated rings. The summed E-state index contributed by atoms with van der Waals surface area (Å²) in [6.45, 7) is 5.63. The van der Waals surface area contributed by atoms with Gasteiger partial charge in [0.2, 0.25) is 5.91 Å². The van der Waals surface area contributed by atoms with Crippen LogP contribution >= 0.6 is 0 Å². The lowest BCUT2D eigenvalue weighted by Crippen LogP contribution is -2.69. The number of aryl methyl sites for hydroxylation is 1. The third kappa shape index (κ3) is 3.16. The van der Waals surface area contributed by atoms with E-state index < -0.39 is 28.9 Å². The lowest BCUT2D eigenvalue weighted by atomic mass is 9.42. The first kappa shape index (κ1) is 22.2. The Hall–Kier alpha value is -3.24. The van der Waals surface area contributed by atoms with Gasteiger partial charge >= 0.3 is 6.18 Å². The van der Waals surface area contributed by atoms with Crippen LogP contribution in [-0.4, -0.2) is 36.1 Å². The van der Waals surface area contributed by atoms with Crippen LogP contribution in [0.3, 0.4) is 0 Å². The number of amides is 1. The van der Waals surface area contributed by atoms with Gasteiger partial charge in [0.05, 0.1) is 35.8 Å². The van der Waals surface area contributed by atoms with Crippen LogP contribution in [0.15, 0.2) is 18.2 Å². The molecule has 1 amide bonds. The molecule has 3 aromatic rings. The van der Waals surface area contributed by atoms with Crippen molar-refractivity contribution in [1.29, 1.82) is 0 Å². The highest BCUT2D eigenvalue weighted by atomic mass is 19.4. The average molecular weight is 488 g/mol. The van der Waals surface area contributed by atoms with E-state index in [4.69, 9.17) is 0 Å². The molecule has 35 heavy (non-hydrogen) atoms. The van der Waals surface area contributed by atoms with Crippen molar-refractivity contribution in [1.82, 2.24) is 24.5 Å². The number of rotatable bonds is 4. The summed E-state index contributed by atoms with van der Waals surface area (Å²) in [5.74, 6) is 1.37. The normalized spacial score (nSPS) is 25.7. The van der Waals surface area contributed by atoms with E-state index in [1.165, 1.54) is 13.0 Å². The minimum atomic E-state index is -4.45. The van der Waals surface area contributed by atoms with Crippen molar-refractivity contribution < 1.29 is 22.4 Å². The van der Waals surface area contributed by atoms with E-state index in [1.807, 2.05) is 0 Å². The number of fused-ring (bicyclic) bond motifs is 3. The average Bonchev–Trinajstić information content (AvgIpc) is 3.33. The first-order chi connectivity index (χ1) is 16.4. The van der Waals surface area contributed by atoms with Crippen molar-refractivity contribution in [3.63, 3.8) is 0 Å². The van der Waals surface area contributed by atoms with Crippen molar-refractivity contribution in [2.45, 2.75) is 71.0 Å². The number of halogens is 4. The summed E-state index contributed by atoms with van der Waals surface area (Å²) in [6.07, 6.45) is -3.61. The van der Waals surface area contributed by atoms with Gasteiger partial charge in [-0.1, -0.05) is 12.1 Å². The molecule has 4 aliphatic rings. The number of anilines is 1. The molecule has 0 unspecified atom stereocenters. The second-order valence-corrected chi connectivity index (χ2v) is 10.3. The number of nitrogens with one attached hydrogen (secondary N) is 1. The third-order valence-electron chi connectivity index (χ3n) is 7.82. The summed E-state index contributed by atoms with van der Waals surface area (Å²) in [7, 11) is 0. The number of nitrogens with zero attached hydrogens (tertiary/aromatic N) is 5. The highest BCUT2D eigenvalue weighted by Gasteiger charge is 2.73. The van der Waals surface area contributed by atoms with Gasteiger partial charge in [0.15, 0.2) is 0 Å². The molecule has 2 bridgehead atoms. The van der Waals surface area contributed by atoms with Crippen LogP contribution in [0.4, 0.5) is 23.4 Å². The van der Waals surface area contributed by atoms with Gasteiger partial charge in [-0.25, -0.2) is 4.39 Å². The van der Waals surface area contributed by atoms with Crippen LogP contribution in [0.5, 0.6) is 0 Å². The zero-order valence-corrected chi connectivity index (χ0v) is 19.5. The fraction of sp³-hybridized carbons (Fsp3) is 0.500. The quantitative estimate of drug-likeness (QED) is 0.541. The zero-order valence-electron chi connectivity index (χ0n) is 19.5. The molecule has 0 radical (unpaired) electrons. The number of carbonyl (C=O) groups excluding carboxylic acids is 1. The fourth-order valence-corrected chi connectivity index (χ4v) is 6.14. The van der Waals surface area contributed by atoms with Gasteiger partial charge in [-0.2, -0.15) is 18.2 Å². The lowest BCUT2D eigenvalue weighted by Gasteiger charge is -2.64. The van der Waals surface area contributed by atoms with Crippen LogP contribution in [0.2, 0.25) is 0 Å². The van der Waals surface area contributed by atoms with Gasteiger partial charge in [0, 0.05) is 5.56 Å². The van der Waals surface area contributed by atoms with Gasteiger partial charge in [-0.05, 0) is 57.2 Å². The zero-order chi connectivity index (χ0) is 24.9. The number of hydrogen-bond donors (Lipinski definition) is 1. The Balaban J connectivity index is 1.34. The van der Waals surface area contributed by atoms with Gasteiger partial charge in [0.1, 0.15) is 17.3 Å². The van der Waals surface area contributed by atoms with Crippen molar-refractivity contribution in [3.8, 4) is 0 Å². The number of alkyl halides is 4. The van der Waals surface area contributed by atoms with Crippen molar-refractivity contribution in [2.75, 3.05) is 5.32 Å². The van der Waals surface area contributed by atoms with Crippen LogP contribution in [0.25, 0.3) is 5.78 Å². The molecule has 2 aromatic heterocycles. The highest BCUT2D eigenvalue weighted by molar-refractivity contribution is 5.87. The molecule has 3 heterocycles. The number of benzene rings is 1. The molecule has 7 nitrogen and oxygen atoms in total. The summed E-state index contributed by atoms with van der Waals surface area (Å²) in [6, 6.07) is 3.64. The molecule has 11 heteroatoms. The van der Waals surface area contributed by atoms with E-state index in [9.17, 15) is 22.4 Å². The Bertz CT molecular complexity index is 1380. The minimum absolute atomic E-state index is 0.0557. The minimum Gasteiger partial charge on any atom is -0.363 e. The van der Waals surface area contributed by atoms with Gasteiger partial charge in [0.25, 0.3) is 5.78 Å². The molecule has 1 aromatic carbocycles. The van der Waals surface area contributed by atoms with E-state index in [2.05, 4.69) is 20.5 Å². The van der Waals surface area contributed by atoms with E-state index in [0.717, 1.165) is 17.3 Å². The molecular formula is C24H24F4N6O. The molecular weight excluding hydrogens is 464 g/mol. The predicted molar refractivity (Wildman–Crippen MR) is 118 cm³/mol. The Kier molecular flexibility index (Phi) is 4.39. The largest absolute Gasteiger partial charge is 0.416 e. The SMILES string of the molecule is Cc1c([C@@H](C)Nc2nc3nnc(C)n3c3c2CN(C(=O)C24CC(F)(C2)C4)C3)cccc1C(F)(F)F. The molecule has 0 spiro atoms. The van der Waals surface area contributed by atoms with Crippen LogP contribution < -0.4 is 5.32 Å². The first-order valence-electron chi connectivity index (χ1n) is 11.6. The molecule has 3 saturated carbocycles. The predicted octanol–water partition coefficient (Wildman–Crippen LogP) is 4.67. The summed E-state index contributed by atoms with van der Waals surface area (Å²) < 4.78 is 56.2. The van der Waals surface area contributed by atoms with Crippen LogP contribution in [0, 0.1) is 19.3 Å². The van der Waals surface area contributed by atoms with Crippen molar-refractivity contribution in [2.24, 2.45) is 5.41 Å². The highest BCUT2D eigenvalue weighted by Crippen LogP contribution is 2.70. The third-order valence-corrected chi connectivity index (χ3v) is 7.82. The lowest BCUT2D eigenvalue weighted by molar-refractivity contribution is -0.222. The molecule has 3 aliphatic carbocycles. The number of carbonyl (C=O) groups is 1. The smallest absolute Gasteiger partial charge is 0.363 e. The standard InChI is InChI=1S/C24H24F4N6O/c1-12-15(5-4-6-17(12)24(26,27)28)13(2)29-19-16-7-33(20(35)22-9-23(25,10-22)11-22)8-18(16)34-14(3)31-32-21(34)30-19/h4-6,13H,7-11H2,1-3H3,(H,29,30,32)/t13-,22?,23?/m1/s1. The summed E-state index contributed by atoms with van der Waals surface area (Å²) in [5, 5.41) is 11.5. The molecule has 7 rings (SSSR count). The Morgan fingerprint density at radius 3 is 2.51 bits per heavy atom. The van der Waals surface area contributed by atoms with Crippen LogP contribution in [0.1, 0.15) is 66.0 Å². The van der Waals surface area contributed by atoms with E-state index in [0.29, 0.717) is 29.5 Å².